The Morgan fingerprint density at radius 3 is 2.77 bits per heavy atom. The first kappa shape index (κ1) is 21.1. The molecule has 0 atom stereocenters. The Kier molecular flexibility index (Phi) is 6.53. The van der Waals surface area contributed by atoms with E-state index in [1.165, 1.54) is 11.3 Å². The van der Waals surface area contributed by atoms with Gasteiger partial charge in [-0.2, -0.15) is 0 Å². The predicted molar refractivity (Wildman–Crippen MR) is 125 cm³/mol. The Bertz CT molecular complexity index is 1200. The van der Waals surface area contributed by atoms with Gasteiger partial charge in [0.1, 0.15) is 5.75 Å². The van der Waals surface area contributed by atoms with Crippen molar-refractivity contribution < 1.29 is 9.53 Å². The Morgan fingerprint density at radius 2 is 2.00 bits per heavy atom. The first-order chi connectivity index (χ1) is 14.5. The van der Waals surface area contributed by atoms with Gasteiger partial charge in [-0.05, 0) is 48.5 Å². The number of pyridine rings is 1. The summed E-state index contributed by atoms with van der Waals surface area (Å²) in [6.07, 6.45) is 1.69. The van der Waals surface area contributed by atoms with Gasteiger partial charge in [-0.1, -0.05) is 56.5 Å². The summed E-state index contributed by atoms with van der Waals surface area (Å²) in [7, 11) is 0. The van der Waals surface area contributed by atoms with Crippen LogP contribution in [0.1, 0.15) is 5.69 Å². The summed E-state index contributed by atoms with van der Waals surface area (Å²) in [6, 6.07) is 16.2. The van der Waals surface area contributed by atoms with E-state index in [9.17, 15) is 4.79 Å². The maximum Gasteiger partial charge on any atom is 0.267 e. The summed E-state index contributed by atoms with van der Waals surface area (Å²) < 4.78 is 7.58. The largest absolute Gasteiger partial charge is 0.482 e. The lowest BCUT2D eigenvalue weighted by molar-refractivity contribution is -0.120. The molecule has 0 aliphatic carbocycles. The zero-order chi connectivity index (χ0) is 21.1. The van der Waals surface area contributed by atoms with Crippen LogP contribution in [0.4, 0.5) is 5.13 Å². The van der Waals surface area contributed by atoms with Crippen molar-refractivity contribution >= 4 is 71.7 Å². The number of carbonyl (C=O) groups excluding carboxylic acids is 1. The zero-order valence-electron chi connectivity index (χ0n) is 15.4. The molecule has 0 bridgehead atoms. The molecule has 0 unspecified atom stereocenters. The van der Waals surface area contributed by atoms with Crippen LogP contribution in [0.3, 0.4) is 0 Å². The van der Waals surface area contributed by atoms with Gasteiger partial charge in [0.25, 0.3) is 5.91 Å². The van der Waals surface area contributed by atoms with E-state index in [-0.39, 0.29) is 19.1 Å². The second kappa shape index (κ2) is 9.31. The number of aromatic nitrogens is 2. The molecule has 152 valence electrons. The van der Waals surface area contributed by atoms with Gasteiger partial charge in [0.2, 0.25) is 0 Å². The monoisotopic (exact) mass is 521 g/mol. The fourth-order valence-electron chi connectivity index (χ4n) is 2.73. The van der Waals surface area contributed by atoms with Crippen molar-refractivity contribution in [3.05, 3.63) is 81.0 Å². The topological polar surface area (TPSA) is 55.3 Å². The molecular formula is C21H14BrCl2N3O2S. The second-order valence-corrected chi connectivity index (χ2v) is 9.04. The molecule has 0 saturated carbocycles. The molecule has 2 heterocycles. The lowest BCUT2D eigenvalue weighted by Crippen LogP contribution is -2.34. The minimum Gasteiger partial charge on any atom is -0.482 e. The van der Waals surface area contributed by atoms with Gasteiger partial charge >= 0.3 is 0 Å². The standard InChI is InChI=1S/C21H14BrCl2N3O2S/c22-13-4-6-17-19(9-13)30-21(26-17)27(11-15-3-1-2-8-25-15)20(28)12-29-18-7-5-14(23)10-16(18)24/h1-10H,11-12H2. The van der Waals surface area contributed by atoms with Gasteiger partial charge in [-0.25, -0.2) is 4.98 Å². The van der Waals surface area contributed by atoms with E-state index in [2.05, 4.69) is 25.9 Å². The normalized spacial score (nSPS) is 10.9. The van der Waals surface area contributed by atoms with Crippen LogP contribution in [0.25, 0.3) is 10.2 Å². The number of halogens is 3. The molecule has 0 aliphatic rings. The molecule has 4 aromatic rings. The zero-order valence-corrected chi connectivity index (χ0v) is 19.3. The Labute approximate surface area is 195 Å². The van der Waals surface area contributed by atoms with Crippen molar-refractivity contribution in [3.63, 3.8) is 0 Å². The van der Waals surface area contributed by atoms with Crippen LogP contribution in [0, 0.1) is 0 Å². The summed E-state index contributed by atoms with van der Waals surface area (Å²) >= 11 is 17.0. The van der Waals surface area contributed by atoms with Crippen LogP contribution in [0.2, 0.25) is 10.0 Å². The number of benzene rings is 2. The van der Waals surface area contributed by atoms with Gasteiger partial charge in [0.05, 0.1) is 27.5 Å². The van der Waals surface area contributed by atoms with Gasteiger partial charge in [-0.3, -0.25) is 14.7 Å². The molecule has 0 aliphatic heterocycles. The third kappa shape index (κ3) is 4.92. The van der Waals surface area contributed by atoms with E-state index in [1.807, 2.05) is 36.4 Å². The number of ether oxygens (including phenoxy) is 1. The fourth-order valence-corrected chi connectivity index (χ4v) is 4.72. The third-order valence-corrected chi connectivity index (χ3v) is 6.23. The highest BCUT2D eigenvalue weighted by molar-refractivity contribution is 9.10. The summed E-state index contributed by atoms with van der Waals surface area (Å²) in [6.45, 7) is 0.0756. The quantitative estimate of drug-likeness (QED) is 0.295. The maximum atomic E-state index is 13.1. The van der Waals surface area contributed by atoms with E-state index in [0.29, 0.717) is 20.9 Å². The van der Waals surface area contributed by atoms with Crippen LogP contribution in [-0.4, -0.2) is 22.5 Å². The summed E-state index contributed by atoms with van der Waals surface area (Å²) in [5, 5.41) is 1.41. The lowest BCUT2D eigenvalue weighted by atomic mass is 10.3. The maximum absolute atomic E-state index is 13.1. The van der Waals surface area contributed by atoms with Crippen LogP contribution >= 0.6 is 50.5 Å². The van der Waals surface area contributed by atoms with Crippen molar-refractivity contribution in [1.82, 2.24) is 9.97 Å². The smallest absolute Gasteiger partial charge is 0.267 e. The minimum absolute atomic E-state index is 0.201. The second-order valence-electron chi connectivity index (χ2n) is 6.27. The van der Waals surface area contributed by atoms with Gasteiger partial charge in [0, 0.05) is 15.7 Å². The van der Waals surface area contributed by atoms with E-state index < -0.39 is 0 Å². The van der Waals surface area contributed by atoms with E-state index in [0.717, 1.165) is 20.4 Å². The average molecular weight is 523 g/mol. The Hall–Kier alpha value is -2.19. The fraction of sp³-hybridized carbons (Fsp3) is 0.0952. The SMILES string of the molecule is O=C(COc1ccc(Cl)cc1Cl)N(Cc1ccccn1)c1nc2ccc(Br)cc2s1. The molecule has 0 N–H and O–H groups in total. The highest BCUT2D eigenvalue weighted by Crippen LogP contribution is 2.32. The molecular weight excluding hydrogens is 509 g/mol. The molecule has 0 fully saturated rings. The van der Waals surface area contributed by atoms with Crippen molar-refractivity contribution in [2.75, 3.05) is 11.5 Å². The van der Waals surface area contributed by atoms with Gasteiger partial charge in [-0.15, -0.1) is 0 Å². The highest BCUT2D eigenvalue weighted by Gasteiger charge is 2.22. The number of anilines is 1. The van der Waals surface area contributed by atoms with Gasteiger partial charge < -0.3 is 4.74 Å². The molecule has 2 aromatic heterocycles. The van der Waals surface area contributed by atoms with Crippen molar-refractivity contribution in [2.24, 2.45) is 0 Å². The number of fused-ring (bicyclic) bond motifs is 1. The molecule has 30 heavy (non-hydrogen) atoms. The van der Waals surface area contributed by atoms with Crippen molar-refractivity contribution in [1.29, 1.82) is 0 Å². The molecule has 0 spiro atoms. The number of amides is 1. The van der Waals surface area contributed by atoms with E-state index in [4.69, 9.17) is 27.9 Å². The minimum atomic E-state index is -0.259. The number of thiazole rings is 1. The van der Waals surface area contributed by atoms with E-state index in [1.54, 1.807) is 29.3 Å². The molecule has 5 nitrogen and oxygen atoms in total. The molecule has 0 radical (unpaired) electrons. The highest BCUT2D eigenvalue weighted by atomic mass is 79.9. The predicted octanol–water partition coefficient (Wildman–Crippen LogP) is 6.37. The average Bonchev–Trinajstić information content (AvgIpc) is 3.14. The molecule has 9 heteroatoms. The number of hydrogen-bond donors (Lipinski definition) is 0. The third-order valence-electron chi connectivity index (χ3n) is 4.16. The van der Waals surface area contributed by atoms with Crippen LogP contribution in [0.15, 0.2) is 65.3 Å². The summed E-state index contributed by atoms with van der Waals surface area (Å²) in [5.74, 6) is 0.130. The lowest BCUT2D eigenvalue weighted by Gasteiger charge is -2.20. The first-order valence-corrected chi connectivity index (χ1v) is 11.2. The number of rotatable bonds is 6. The Balaban J connectivity index is 1.61. The number of hydrogen-bond acceptors (Lipinski definition) is 5. The summed E-state index contributed by atoms with van der Waals surface area (Å²) in [4.78, 5) is 23.6. The molecule has 1 amide bonds. The molecule has 2 aromatic carbocycles. The van der Waals surface area contributed by atoms with Crippen LogP contribution in [-0.2, 0) is 11.3 Å². The first-order valence-electron chi connectivity index (χ1n) is 8.84. The van der Waals surface area contributed by atoms with Gasteiger partial charge in [0.15, 0.2) is 11.7 Å². The molecule has 4 rings (SSSR count). The summed E-state index contributed by atoms with van der Waals surface area (Å²) in [5.41, 5.74) is 1.56. The Morgan fingerprint density at radius 1 is 1.13 bits per heavy atom. The van der Waals surface area contributed by atoms with Crippen LogP contribution in [0.5, 0.6) is 5.75 Å². The molecule has 0 saturated heterocycles. The van der Waals surface area contributed by atoms with Crippen molar-refractivity contribution in [3.8, 4) is 5.75 Å². The van der Waals surface area contributed by atoms with E-state index >= 15 is 0 Å². The van der Waals surface area contributed by atoms with Crippen molar-refractivity contribution in [2.45, 2.75) is 6.54 Å². The number of nitrogens with zero attached hydrogens (tertiary/aromatic N) is 3. The number of carbonyl (C=O) groups is 1. The van der Waals surface area contributed by atoms with Crippen LogP contribution < -0.4 is 9.64 Å².